The number of carboxylic acid groups (broad SMARTS) is 1. The number of hydrogen-bond donors (Lipinski definition) is 2. The molecule has 0 fully saturated rings. The molecule has 0 saturated carbocycles. The van der Waals surface area contributed by atoms with Gasteiger partial charge in [0.05, 0.1) is 5.56 Å². The molecule has 1 atom stereocenters. The Bertz CT molecular complexity index is 534. The minimum Gasteiger partial charge on any atom is -0.478 e. The molecule has 1 aromatic carbocycles. The molecule has 1 aliphatic carbocycles. The number of benzene rings is 1. The van der Waals surface area contributed by atoms with Crippen LogP contribution in [0.4, 0.5) is 0 Å². The van der Waals surface area contributed by atoms with Gasteiger partial charge in [-0.15, -0.1) is 0 Å². The van der Waals surface area contributed by atoms with Crippen molar-refractivity contribution in [3.8, 4) is 0 Å². The Labute approximate surface area is 131 Å². The molecule has 1 aliphatic rings. The van der Waals surface area contributed by atoms with Crippen LogP contribution in [-0.4, -0.2) is 23.0 Å². The number of nitrogens with one attached hydrogen (secondary N) is 1. The molecule has 1 amide bonds. The summed E-state index contributed by atoms with van der Waals surface area (Å²) in [5.41, 5.74) is 1.26. The van der Waals surface area contributed by atoms with E-state index in [4.69, 9.17) is 5.11 Å². The second kappa shape index (κ2) is 8.37. The van der Waals surface area contributed by atoms with Crippen LogP contribution < -0.4 is 5.32 Å². The van der Waals surface area contributed by atoms with Crippen LogP contribution in [0.1, 0.15) is 54.4 Å². The zero-order chi connectivity index (χ0) is 15.8. The largest absolute Gasteiger partial charge is 0.478 e. The van der Waals surface area contributed by atoms with Crippen molar-refractivity contribution in [3.63, 3.8) is 0 Å². The highest BCUT2D eigenvalue weighted by Gasteiger charge is 2.12. The quantitative estimate of drug-likeness (QED) is 0.820. The third-order valence-electron chi connectivity index (χ3n) is 3.98. The highest BCUT2D eigenvalue weighted by atomic mass is 16.4. The summed E-state index contributed by atoms with van der Waals surface area (Å²) in [6.07, 6.45) is 10.8. The average molecular weight is 301 g/mol. The summed E-state index contributed by atoms with van der Waals surface area (Å²) >= 11 is 0. The van der Waals surface area contributed by atoms with Crippen LogP contribution in [0.2, 0.25) is 0 Å². The first-order valence-corrected chi connectivity index (χ1v) is 7.92. The molecule has 1 unspecified atom stereocenters. The van der Waals surface area contributed by atoms with Gasteiger partial charge in [-0.25, -0.2) is 4.79 Å². The lowest BCUT2D eigenvalue weighted by atomic mass is 10.0. The molecule has 1 aromatic rings. The summed E-state index contributed by atoms with van der Waals surface area (Å²) in [5, 5.41) is 12.0. The van der Waals surface area contributed by atoms with Crippen molar-refractivity contribution in [2.24, 2.45) is 0 Å². The molecule has 22 heavy (non-hydrogen) atoms. The Kier molecular flexibility index (Phi) is 6.19. The predicted octanol–water partition coefficient (Wildman–Crippen LogP) is 3.32. The molecule has 0 bridgehead atoms. The molecular formula is C18H23NO3. The fourth-order valence-corrected chi connectivity index (χ4v) is 2.68. The van der Waals surface area contributed by atoms with E-state index in [0.717, 1.165) is 37.7 Å². The van der Waals surface area contributed by atoms with Crippen molar-refractivity contribution in [3.05, 3.63) is 47.5 Å². The van der Waals surface area contributed by atoms with Crippen LogP contribution in [0, 0.1) is 0 Å². The molecule has 4 heteroatoms. The number of carbonyl (C=O) groups excluding carboxylic acids is 1. The van der Waals surface area contributed by atoms with E-state index in [0.29, 0.717) is 12.8 Å². The van der Waals surface area contributed by atoms with Gasteiger partial charge in [0, 0.05) is 12.5 Å². The molecule has 0 heterocycles. The molecule has 0 spiro atoms. The molecule has 0 radical (unpaired) electrons. The lowest BCUT2D eigenvalue weighted by Gasteiger charge is -2.19. The number of carboxylic acids is 1. The van der Waals surface area contributed by atoms with E-state index in [1.165, 1.54) is 0 Å². The Balaban J connectivity index is 1.77. The standard InChI is InChI=1S/C18H23NO3/c20-17(19-16-6-4-2-1-3-5-7-16)13-10-14-8-11-15(12-9-14)18(21)22/h1-2,8-9,11-12,16H,3-7,10,13H2,(H,19,20)(H,21,22)/b2-1-. The van der Waals surface area contributed by atoms with Gasteiger partial charge in [-0.3, -0.25) is 4.79 Å². The Hall–Kier alpha value is -2.10. The Morgan fingerprint density at radius 1 is 1.09 bits per heavy atom. The second-order valence-corrected chi connectivity index (χ2v) is 5.75. The minimum absolute atomic E-state index is 0.0804. The van der Waals surface area contributed by atoms with E-state index in [-0.39, 0.29) is 17.5 Å². The van der Waals surface area contributed by atoms with Gasteiger partial charge >= 0.3 is 5.97 Å². The Morgan fingerprint density at radius 2 is 1.82 bits per heavy atom. The fraction of sp³-hybridized carbons (Fsp3) is 0.444. The number of carbonyl (C=O) groups is 2. The fourth-order valence-electron chi connectivity index (χ4n) is 2.68. The third kappa shape index (κ3) is 5.35. The Morgan fingerprint density at radius 3 is 2.55 bits per heavy atom. The highest BCUT2D eigenvalue weighted by molar-refractivity contribution is 5.87. The van der Waals surface area contributed by atoms with Crippen molar-refractivity contribution in [1.29, 1.82) is 0 Å². The van der Waals surface area contributed by atoms with Crippen LogP contribution in [0.25, 0.3) is 0 Å². The van der Waals surface area contributed by atoms with Crippen LogP contribution >= 0.6 is 0 Å². The van der Waals surface area contributed by atoms with Gasteiger partial charge < -0.3 is 10.4 Å². The van der Waals surface area contributed by atoms with Gasteiger partial charge in [0.15, 0.2) is 0 Å². The lowest BCUT2D eigenvalue weighted by Crippen LogP contribution is -2.35. The molecule has 0 aliphatic heterocycles. The van der Waals surface area contributed by atoms with Gasteiger partial charge in [-0.1, -0.05) is 24.3 Å². The van der Waals surface area contributed by atoms with Gasteiger partial charge in [-0.05, 0) is 56.2 Å². The molecule has 0 saturated heterocycles. The van der Waals surface area contributed by atoms with E-state index >= 15 is 0 Å². The normalized spacial score (nSPS) is 19.7. The van der Waals surface area contributed by atoms with Crippen molar-refractivity contribution in [2.75, 3.05) is 0 Å². The van der Waals surface area contributed by atoms with Crippen molar-refractivity contribution in [1.82, 2.24) is 5.32 Å². The monoisotopic (exact) mass is 301 g/mol. The van der Waals surface area contributed by atoms with Crippen LogP contribution in [0.3, 0.4) is 0 Å². The lowest BCUT2D eigenvalue weighted by molar-refractivity contribution is -0.121. The van der Waals surface area contributed by atoms with Gasteiger partial charge in [0.1, 0.15) is 0 Å². The van der Waals surface area contributed by atoms with Gasteiger partial charge in [0.25, 0.3) is 0 Å². The number of hydrogen-bond acceptors (Lipinski definition) is 2. The minimum atomic E-state index is -0.928. The molecular weight excluding hydrogens is 278 g/mol. The third-order valence-corrected chi connectivity index (χ3v) is 3.98. The summed E-state index contributed by atoms with van der Waals surface area (Å²) in [5.74, 6) is -0.848. The highest BCUT2D eigenvalue weighted by Crippen LogP contribution is 2.13. The molecule has 118 valence electrons. The number of rotatable bonds is 5. The molecule has 2 N–H and O–H groups in total. The SMILES string of the molecule is O=C(CCc1ccc(C(=O)O)cc1)NC1CC/C=C\CCC1. The van der Waals surface area contributed by atoms with Crippen LogP contribution in [-0.2, 0) is 11.2 Å². The maximum Gasteiger partial charge on any atom is 0.335 e. The van der Waals surface area contributed by atoms with E-state index in [2.05, 4.69) is 17.5 Å². The maximum atomic E-state index is 12.0. The van der Waals surface area contributed by atoms with E-state index in [1.54, 1.807) is 24.3 Å². The zero-order valence-corrected chi connectivity index (χ0v) is 12.8. The summed E-state index contributed by atoms with van der Waals surface area (Å²) in [6.45, 7) is 0. The summed E-state index contributed by atoms with van der Waals surface area (Å²) in [4.78, 5) is 22.8. The average Bonchev–Trinajstić information content (AvgIpc) is 2.48. The van der Waals surface area contributed by atoms with Crippen LogP contribution in [0.5, 0.6) is 0 Å². The van der Waals surface area contributed by atoms with E-state index < -0.39 is 5.97 Å². The summed E-state index contributed by atoms with van der Waals surface area (Å²) < 4.78 is 0. The smallest absolute Gasteiger partial charge is 0.335 e. The van der Waals surface area contributed by atoms with Gasteiger partial charge in [-0.2, -0.15) is 0 Å². The molecule has 4 nitrogen and oxygen atoms in total. The topological polar surface area (TPSA) is 66.4 Å². The maximum absolute atomic E-state index is 12.0. The van der Waals surface area contributed by atoms with Crippen LogP contribution in [0.15, 0.2) is 36.4 Å². The number of allylic oxidation sites excluding steroid dienone is 2. The molecule has 2 rings (SSSR count). The van der Waals surface area contributed by atoms with E-state index in [1.807, 2.05) is 0 Å². The number of amides is 1. The second-order valence-electron chi connectivity index (χ2n) is 5.75. The first-order valence-electron chi connectivity index (χ1n) is 7.92. The number of aromatic carboxylic acids is 1. The summed E-state index contributed by atoms with van der Waals surface area (Å²) in [7, 11) is 0. The van der Waals surface area contributed by atoms with Gasteiger partial charge in [0.2, 0.25) is 5.91 Å². The van der Waals surface area contributed by atoms with Crippen molar-refractivity contribution < 1.29 is 14.7 Å². The van der Waals surface area contributed by atoms with Crippen molar-refractivity contribution >= 4 is 11.9 Å². The zero-order valence-electron chi connectivity index (χ0n) is 12.8. The van der Waals surface area contributed by atoms with E-state index in [9.17, 15) is 9.59 Å². The first kappa shape index (κ1) is 16.3. The molecule has 0 aromatic heterocycles. The number of aryl methyl sites for hydroxylation is 1. The first-order chi connectivity index (χ1) is 10.6. The summed E-state index contributed by atoms with van der Waals surface area (Å²) in [6, 6.07) is 6.99. The predicted molar refractivity (Wildman–Crippen MR) is 85.9 cm³/mol. The van der Waals surface area contributed by atoms with Crippen molar-refractivity contribution in [2.45, 2.75) is 51.0 Å².